The van der Waals surface area contributed by atoms with Gasteiger partial charge in [-0.15, -0.1) is 0 Å². The molecular formula is C17H23NO. The van der Waals surface area contributed by atoms with E-state index in [-0.39, 0.29) is 5.92 Å². The first-order chi connectivity index (χ1) is 8.99. The Bertz CT molecular complexity index is 475. The molecule has 0 aromatic heterocycles. The molecular weight excluding hydrogens is 234 g/mol. The number of amides is 1. The smallest absolute Gasteiger partial charge is 0.225 e. The van der Waals surface area contributed by atoms with Gasteiger partial charge in [0.15, 0.2) is 0 Å². The molecule has 2 unspecified atom stereocenters. The Balaban J connectivity index is 2.02. The molecule has 1 aromatic rings. The van der Waals surface area contributed by atoms with Crippen molar-refractivity contribution in [3.63, 3.8) is 0 Å². The van der Waals surface area contributed by atoms with Gasteiger partial charge in [-0.05, 0) is 36.8 Å². The van der Waals surface area contributed by atoms with Crippen molar-refractivity contribution < 1.29 is 4.79 Å². The fourth-order valence-electron chi connectivity index (χ4n) is 2.77. The zero-order valence-corrected chi connectivity index (χ0v) is 12.1. The molecule has 1 amide bonds. The summed E-state index contributed by atoms with van der Waals surface area (Å²) in [6.45, 7) is 9.09. The largest absolute Gasteiger partial charge is 0.345 e. The van der Waals surface area contributed by atoms with Crippen LogP contribution in [0.4, 0.5) is 0 Å². The monoisotopic (exact) mass is 257 g/mol. The molecule has 19 heavy (non-hydrogen) atoms. The van der Waals surface area contributed by atoms with Gasteiger partial charge in [0.2, 0.25) is 5.91 Å². The third-order valence-corrected chi connectivity index (χ3v) is 4.15. The quantitative estimate of drug-likeness (QED) is 0.805. The van der Waals surface area contributed by atoms with Gasteiger partial charge in [0.1, 0.15) is 0 Å². The van der Waals surface area contributed by atoms with Crippen molar-refractivity contribution in [1.82, 2.24) is 4.90 Å². The first-order valence-electron chi connectivity index (χ1n) is 7.00. The number of rotatable bonds is 4. The van der Waals surface area contributed by atoms with Crippen LogP contribution in [0.3, 0.4) is 0 Å². The lowest BCUT2D eigenvalue weighted by Crippen LogP contribution is -2.23. The molecule has 2 heteroatoms. The predicted octanol–water partition coefficient (Wildman–Crippen LogP) is 3.69. The molecule has 1 aromatic carbocycles. The minimum Gasteiger partial charge on any atom is -0.345 e. The molecule has 1 heterocycles. The van der Waals surface area contributed by atoms with E-state index in [1.54, 1.807) is 0 Å². The summed E-state index contributed by atoms with van der Waals surface area (Å²) >= 11 is 0. The molecule has 0 aliphatic carbocycles. The number of hydrogen-bond donors (Lipinski definition) is 0. The van der Waals surface area contributed by atoms with E-state index < -0.39 is 0 Å². The first-order valence-corrected chi connectivity index (χ1v) is 7.00. The minimum atomic E-state index is 0.209. The minimum absolute atomic E-state index is 0.209. The van der Waals surface area contributed by atoms with E-state index in [0.717, 1.165) is 25.0 Å². The second kappa shape index (κ2) is 5.60. The van der Waals surface area contributed by atoms with E-state index in [4.69, 9.17) is 0 Å². The number of hydrogen-bond acceptors (Lipinski definition) is 1. The maximum absolute atomic E-state index is 11.9. The third-order valence-electron chi connectivity index (χ3n) is 4.15. The zero-order valence-electron chi connectivity index (χ0n) is 12.1. The molecule has 2 nitrogen and oxygen atoms in total. The Labute approximate surface area is 116 Å². The SMILES string of the molecule is C=C(C)c1ccc(C(C)CC2CCN(C)C2=O)cc1. The average Bonchev–Trinajstić information content (AvgIpc) is 2.71. The number of allylic oxidation sites excluding steroid dienone is 1. The molecule has 2 atom stereocenters. The van der Waals surface area contributed by atoms with Crippen LogP contribution in [0, 0.1) is 5.92 Å². The molecule has 102 valence electrons. The number of likely N-dealkylation sites (tertiary alicyclic amines) is 1. The van der Waals surface area contributed by atoms with E-state index in [9.17, 15) is 4.79 Å². The first kappa shape index (κ1) is 13.9. The van der Waals surface area contributed by atoms with Crippen LogP contribution in [0.25, 0.3) is 5.57 Å². The number of benzene rings is 1. The molecule has 0 radical (unpaired) electrons. The number of nitrogens with zero attached hydrogens (tertiary/aromatic N) is 1. The summed E-state index contributed by atoms with van der Waals surface area (Å²) in [5.74, 6) is 0.950. The van der Waals surface area contributed by atoms with Crippen molar-refractivity contribution in [3.8, 4) is 0 Å². The summed E-state index contributed by atoms with van der Waals surface area (Å²) in [6.07, 6.45) is 1.96. The lowest BCUT2D eigenvalue weighted by Gasteiger charge is -2.16. The third kappa shape index (κ3) is 3.06. The fourth-order valence-corrected chi connectivity index (χ4v) is 2.77. The van der Waals surface area contributed by atoms with Crippen LogP contribution in [0.15, 0.2) is 30.8 Å². The van der Waals surface area contributed by atoms with Crippen molar-refractivity contribution in [2.75, 3.05) is 13.6 Å². The van der Waals surface area contributed by atoms with E-state index in [2.05, 4.69) is 37.8 Å². The summed E-state index contributed by atoms with van der Waals surface area (Å²) in [5.41, 5.74) is 3.59. The highest BCUT2D eigenvalue weighted by Crippen LogP contribution is 2.29. The molecule has 1 aliphatic rings. The van der Waals surface area contributed by atoms with Crippen molar-refractivity contribution in [3.05, 3.63) is 42.0 Å². The summed E-state index contributed by atoms with van der Waals surface area (Å²) in [4.78, 5) is 13.8. The summed E-state index contributed by atoms with van der Waals surface area (Å²) < 4.78 is 0. The Kier molecular flexibility index (Phi) is 4.08. The zero-order chi connectivity index (χ0) is 14.0. The van der Waals surface area contributed by atoms with Gasteiger partial charge >= 0.3 is 0 Å². The Morgan fingerprint density at radius 1 is 1.42 bits per heavy atom. The van der Waals surface area contributed by atoms with Crippen LogP contribution in [0.1, 0.15) is 43.7 Å². The normalized spacial score (nSPS) is 20.7. The molecule has 0 spiro atoms. The molecule has 2 rings (SSSR count). The molecule has 0 bridgehead atoms. The van der Waals surface area contributed by atoms with Crippen LogP contribution in [0.2, 0.25) is 0 Å². The fraction of sp³-hybridized carbons (Fsp3) is 0.471. The molecule has 0 N–H and O–H groups in total. The van der Waals surface area contributed by atoms with Crippen LogP contribution in [0.5, 0.6) is 0 Å². The lowest BCUT2D eigenvalue weighted by atomic mass is 9.89. The van der Waals surface area contributed by atoms with E-state index >= 15 is 0 Å². The van der Waals surface area contributed by atoms with Crippen molar-refractivity contribution >= 4 is 11.5 Å². The van der Waals surface area contributed by atoms with Crippen molar-refractivity contribution in [2.24, 2.45) is 5.92 Å². The maximum Gasteiger partial charge on any atom is 0.225 e. The Hall–Kier alpha value is -1.57. The topological polar surface area (TPSA) is 20.3 Å². The van der Waals surface area contributed by atoms with E-state index in [0.29, 0.717) is 11.8 Å². The molecule has 1 aliphatic heterocycles. The average molecular weight is 257 g/mol. The highest BCUT2D eigenvalue weighted by molar-refractivity contribution is 5.80. The van der Waals surface area contributed by atoms with Crippen LogP contribution in [-0.4, -0.2) is 24.4 Å². The van der Waals surface area contributed by atoms with Gasteiger partial charge in [-0.2, -0.15) is 0 Å². The molecule has 1 fully saturated rings. The van der Waals surface area contributed by atoms with Gasteiger partial charge in [0.05, 0.1) is 0 Å². The van der Waals surface area contributed by atoms with Crippen LogP contribution >= 0.6 is 0 Å². The van der Waals surface area contributed by atoms with Crippen LogP contribution in [-0.2, 0) is 4.79 Å². The van der Waals surface area contributed by atoms with Gasteiger partial charge in [-0.1, -0.05) is 43.3 Å². The van der Waals surface area contributed by atoms with Gasteiger partial charge < -0.3 is 4.90 Å². The lowest BCUT2D eigenvalue weighted by molar-refractivity contribution is -0.130. The summed E-state index contributed by atoms with van der Waals surface area (Å²) in [7, 11) is 1.90. The van der Waals surface area contributed by atoms with Crippen LogP contribution < -0.4 is 0 Å². The highest BCUT2D eigenvalue weighted by Gasteiger charge is 2.30. The van der Waals surface area contributed by atoms with Gasteiger partial charge in [0, 0.05) is 19.5 Å². The van der Waals surface area contributed by atoms with Gasteiger partial charge in [-0.3, -0.25) is 4.79 Å². The summed E-state index contributed by atoms with van der Waals surface area (Å²) in [5, 5.41) is 0. The number of carbonyl (C=O) groups excluding carboxylic acids is 1. The molecule has 1 saturated heterocycles. The molecule has 0 saturated carbocycles. The Morgan fingerprint density at radius 2 is 2.05 bits per heavy atom. The second-order valence-corrected chi connectivity index (χ2v) is 5.78. The highest BCUT2D eigenvalue weighted by atomic mass is 16.2. The van der Waals surface area contributed by atoms with Crippen molar-refractivity contribution in [2.45, 2.75) is 32.6 Å². The maximum atomic E-state index is 11.9. The van der Waals surface area contributed by atoms with E-state index in [1.807, 2.05) is 18.9 Å². The summed E-state index contributed by atoms with van der Waals surface area (Å²) in [6, 6.07) is 8.57. The van der Waals surface area contributed by atoms with E-state index in [1.165, 1.54) is 11.1 Å². The standard InChI is InChI=1S/C17H23NO/c1-12(2)14-5-7-15(8-6-14)13(3)11-16-9-10-18(4)17(16)19/h5-8,13,16H,1,9-11H2,2-4H3. The Morgan fingerprint density at radius 3 is 2.53 bits per heavy atom. The van der Waals surface area contributed by atoms with Gasteiger partial charge in [-0.25, -0.2) is 0 Å². The van der Waals surface area contributed by atoms with Crippen molar-refractivity contribution in [1.29, 1.82) is 0 Å². The number of carbonyl (C=O) groups is 1. The second-order valence-electron chi connectivity index (χ2n) is 5.78. The van der Waals surface area contributed by atoms with Gasteiger partial charge in [0.25, 0.3) is 0 Å². The predicted molar refractivity (Wildman–Crippen MR) is 79.9 cm³/mol.